The highest BCUT2D eigenvalue weighted by Gasteiger charge is 2.31. The smallest absolute Gasteiger partial charge is 0.312 e. The van der Waals surface area contributed by atoms with Gasteiger partial charge in [-0.2, -0.15) is 0 Å². The lowest BCUT2D eigenvalue weighted by Crippen LogP contribution is -2.55. The van der Waals surface area contributed by atoms with Crippen LogP contribution in [-0.4, -0.2) is 53.7 Å². The predicted molar refractivity (Wildman–Crippen MR) is 48.0 cm³/mol. The van der Waals surface area contributed by atoms with Crippen molar-refractivity contribution in [3.8, 4) is 0 Å². The van der Waals surface area contributed by atoms with E-state index in [1.165, 1.54) is 9.80 Å². The molecule has 2 N–H and O–H groups in total. The highest BCUT2D eigenvalue weighted by Crippen LogP contribution is 2.03. The summed E-state index contributed by atoms with van der Waals surface area (Å²) < 4.78 is 0. The van der Waals surface area contributed by atoms with E-state index in [0.717, 1.165) is 0 Å². The van der Waals surface area contributed by atoms with E-state index in [-0.39, 0.29) is 6.54 Å². The minimum atomic E-state index is -0.642. The first-order valence-corrected chi connectivity index (χ1v) is 4.42. The van der Waals surface area contributed by atoms with Gasteiger partial charge >= 0.3 is 11.8 Å². The van der Waals surface area contributed by atoms with Gasteiger partial charge in [0.05, 0.1) is 6.54 Å². The molecule has 6 nitrogen and oxygen atoms in total. The molecule has 0 atom stereocenters. The van der Waals surface area contributed by atoms with Gasteiger partial charge in [0.1, 0.15) is 0 Å². The summed E-state index contributed by atoms with van der Waals surface area (Å²) in [6.07, 6.45) is 0. The summed E-state index contributed by atoms with van der Waals surface area (Å²) >= 11 is 0. The number of hydrogen-bond donors (Lipinski definition) is 1. The van der Waals surface area contributed by atoms with E-state index in [9.17, 15) is 14.4 Å². The van der Waals surface area contributed by atoms with Crippen molar-refractivity contribution >= 4 is 17.7 Å². The molecular formula is C8H13N3O3. The summed E-state index contributed by atoms with van der Waals surface area (Å²) in [6.45, 7) is 2.97. The summed E-state index contributed by atoms with van der Waals surface area (Å²) in [5.74, 6) is -1.80. The molecule has 1 aliphatic rings. The molecule has 1 rings (SSSR count). The van der Waals surface area contributed by atoms with E-state index in [0.29, 0.717) is 19.6 Å². The summed E-state index contributed by atoms with van der Waals surface area (Å²) in [7, 11) is 0. The number of carbonyl (C=O) groups excluding carboxylic acids is 3. The maximum Gasteiger partial charge on any atom is 0.312 e. The number of likely N-dealkylation sites (N-methyl/N-ethyl adjacent to an activating group) is 1. The highest BCUT2D eigenvalue weighted by molar-refractivity contribution is 6.35. The van der Waals surface area contributed by atoms with Crippen LogP contribution in [0.15, 0.2) is 0 Å². The van der Waals surface area contributed by atoms with E-state index in [1.807, 2.05) is 0 Å². The Balaban J connectivity index is 2.64. The second-order valence-corrected chi connectivity index (χ2v) is 3.08. The van der Waals surface area contributed by atoms with Gasteiger partial charge in [0.15, 0.2) is 0 Å². The van der Waals surface area contributed by atoms with Crippen molar-refractivity contribution in [2.24, 2.45) is 5.73 Å². The van der Waals surface area contributed by atoms with Gasteiger partial charge < -0.3 is 15.5 Å². The molecule has 3 amide bonds. The molecule has 0 aromatic rings. The molecule has 14 heavy (non-hydrogen) atoms. The first-order valence-electron chi connectivity index (χ1n) is 4.42. The third kappa shape index (κ3) is 2.01. The Labute approximate surface area is 81.6 Å². The normalized spacial score (nSPS) is 17.5. The minimum absolute atomic E-state index is 0.178. The third-order valence-electron chi connectivity index (χ3n) is 2.13. The van der Waals surface area contributed by atoms with Crippen LogP contribution in [-0.2, 0) is 14.4 Å². The van der Waals surface area contributed by atoms with Crippen LogP contribution in [0.1, 0.15) is 6.92 Å². The van der Waals surface area contributed by atoms with E-state index >= 15 is 0 Å². The van der Waals surface area contributed by atoms with Crippen molar-refractivity contribution in [2.45, 2.75) is 6.92 Å². The van der Waals surface area contributed by atoms with Crippen molar-refractivity contribution in [1.29, 1.82) is 0 Å². The number of piperazine rings is 1. The Morgan fingerprint density at radius 3 is 2.29 bits per heavy atom. The van der Waals surface area contributed by atoms with E-state index < -0.39 is 17.7 Å². The molecule has 0 unspecified atom stereocenters. The monoisotopic (exact) mass is 199 g/mol. The molecule has 78 valence electrons. The summed E-state index contributed by atoms with van der Waals surface area (Å²) in [5, 5.41) is 0. The second-order valence-electron chi connectivity index (χ2n) is 3.08. The zero-order chi connectivity index (χ0) is 10.7. The summed E-state index contributed by atoms with van der Waals surface area (Å²) in [4.78, 5) is 35.9. The van der Waals surface area contributed by atoms with Crippen molar-refractivity contribution in [3.63, 3.8) is 0 Å². The van der Waals surface area contributed by atoms with Crippen LogP contribution in [0.2, 0.25) is 0 Å². The van der Waals surface area contributed by atoms with Crippen LogP contribution < -0.4 is 5.73 Å². The minimum Gasteiger partial charge on any atom is -0.368 e. The number of primary amides is 1. The van der Waals surface area contributed by atoms with Gasteiger partial charge in [0.2, 0.25) is 5.91 Å². The molecular weight excluding hydrogens is 186 g/mol. The summed E-state index contributed by atoms with van der Waals surface area (Å²) in [6, 6.07) is 0. The number of amides is 3. The Morgan fingerprint density at radius 2 is 1.79 bits per heavy atom. The maximum absolute atomic E-state index is 11.4. The van der Waals surface area contributed by atoms with Gasteiger partial charge in [0, 0.05) is 19.6 Å². The zero-order valence-corrected chi connectivity index (χ0v) is 8.02. The second kappa shape index (κ2) is 4.08. The average Bonchev–Trinajstić information content (AvgIpc) is 2.13. The molecule has 0 aromatic heterocycles. The highest BCUT2D eigenvalue weighted by atomic mass is 16.2. The molecule has 0 aliphatic carbocycles. The van der Waals surface area contributed by atoms with Crippen molar-refractivity contribution in [1.82, 2.24) is 9.80 Å². The van der Waals surface area contributed by atoms with Crippen molar-refractivity contribution in [3.05, 3.63) is 0 Å². The van der Waals surface area contributed by atoms with E-state index in [4.69, 9.17) is 5.73 Å². The van der Waals surface area contributed by atoms with Gasteiger partial charge in [-0.3, -0.25) is 14.4 Å². The molecule has 0 aromatic carbocycles. The lowest BCUT2D eigenvalue weighted by molar-refractivity contribution is -0.156. The zero-order valence-electron chi connectivity index (χ0n) is 8.02. The average molecular weight is 199 g/mol. The Kier molecular flexibility index (Phi) is 3.06. The molecule has 6 heteroatoms. The van der Waals surface area contributed by atoms with Crippen LogP contribution in [0.25, 0.3) is 0 Å². The van der Waals surface area contributed by atoms with Crippen molar-refractivity contribution in [2.75, 3.05) is 26.2 Å². The molecule has 1 saturated heterocycles. The van der Waals surface area contributed by atoms with Crippen LogP contribution in [0.3, 0.4) is 0 Å². The molecule has 1 heterocycles. The lowest BCUT2D eigenvalue weighted by Gasteiger charge is -2.32. The quantitative estimate of drug-likeness (QED) is 0.542. The van der Waals surface area contributed by atoms with Crippen LogP contribution >= 0.6 is 0 Å². The Morgan fingerprint density at radius 1 is 1.29 bits per heavy atom. The number of hydrogen-bond acceptors (Lipinski definition) is 3. The predicted octanol–water partition coefficient (Wildman–Crippen LogP) is -1.84. The third-order valence-corrected chi connectivity index (χ3v) is 2.13. The van der Waals surface area contributed by atoms with Crippen LogP contribution in [0.5, 0.6) is 0 Å². The number of rotatable bonds is 3. The van der Waals surface area contributed by atoms with Crippen LogP contribution in [0, 0.1) is 0 Å². The fraction of sp³-hybridized carbons (Fsp3) is 0.625. The molecule has 1 aliphatic heterocycles. The van der Waals surface area contributed by atoms with Gasteiger partial charge in [-0.25, -0.2) is 0 Å². The van der Waals surface area contributed by atoms with Gasteiger partial charge in [-0.05, 0) is 6.92 Å². The number of carbonyl (C=O) groups is 3. The topological polar surface area (TPSA) is 83.7 Å². The van der Waals surface area contributed by atoms with Gasteiger partial charge in [0.25, 0.3) is 0 Å². The SMILES string of the molecule is CCN1CCN(CC(N)=O)C(=O)C1=O. The van der Waals surface area contributed by atoms with E-state index in [2.05, 4.69) is 0 Å². The number of nitrogens with zero attached hydrogens (tertiary/aromatic N) is 2. The van der Waals surface area contributed by atoms with Gasteiger partial charge in [-0.1, -0.05) is 0 Å². The first-order chi connectivity index (χ1) is 6.56. The lowest BCUT2D eigenvalue weighted by atomic mass is 10.3. The summed E-state index contributed by atoms with van der Waals surface area (Å²) in [5.41, 5.74) is 4.94. The van der Waals surface area contributed by atoms with E-state index in [1.54, 1.807) is 6.92 Å². The fourth-order valence-corrected chi connectivity index (χ4v) is 1.36. The fourth-order valence-electron chi connectivity index (χ4n) is 1.36. The molecule has 1 fully saturated rings. The molecule has 0 radical (unpaired) electrons. The molecule has 0 saturated carbocycles. The standard InChI is InChI=1S/C8H13N3O3/c1-2-10-3-4-11(5-6(9)12)8(14)7(10)13/h2-5H2,1H3,(H2,9,12). The Hall–Kier alpha value is -1.59. The number of nitrogens with two attached hydrogens (primary N) is 1. The largest absolute Gasteiger partial charge is 0.368 e. The van der Waals surface area contributed by atoms with Crippen LogP contribution in [0.4, 0.5) is 0 Å². The molecule has 0 bridgehead atoms. The first kappa shape index (κ1) is 10.5. The maximum atomic E-state index is 11.4. The van der Waals surface area contributed by atoms with Gasteiger partial charge in [-0.15, -0.1) is 0 Å². The Bertz CT molecular complexity index is 277. The van der Waals surface area contributed by atoms with Crippen molar-refractivity contribution < 1.29 is 14.4 Å². The molecule has 0 spiro atoms.